The van der Waals surface area contributed by atoms with E-state index in [4.69, 9.17) is 5.26 Å². The lowest BCUT2D eigenvalue weighted by Crippen LogP contribution is -1.81. The lowest BCUT2D eigenvalue weighted by molar-refractivity contribution is 0.602. The van der Waals surface area contributed by atoms with Crippen molar-refractivity contribution in [3.63, 3.8) is 0 Å². The monoisotopic (exact) mass is 287 g/mol. The van der Waals surface area contributed by atoms with Crippen molar-refractivity contribution >= 4 is 36.5 Å². The van der Waals surface area contributed by atoms with Gasteiger partial charge in [-0.05, 0) is 47.2 Å². The molecule has 0 atom stereocenters. The second-order valence-corrected chi connectivity index (χ2v) is 5.15. The van der Waals surface area contributed by atoms with Gasteiger partial charge < -0.3 is 0 Å². The number of benzene rings is 2. The molecule has 0 bridgehead atoms. The van der Waals surface area contributed by atoms with Gasteiger partial charge in [-0.15, -0.1) is 12.6 Å². The minimum atomic E-state index is -0.376. The molecule has 0 unspecified atom stereocenters. The summed E-state index contributed by atoms with van der Waals surface area (Å²) < 4.78 is 13.6. The Labute approximate surface area is 121 Å². The maximum absolute atomic E-state index is 13.6. The average Bonchev–Trinajstić information content (AvgIpc) is 2.41. The van der Waals surface area contributed by atoms with Crippen LogP contribution in [0.1, 0.15) is 11.1 Å². The van der Waals surface area contributed by atoms with Crippen LogP contribution in [0.2, 0.25) is 0 Å². The fourth-order valence-corrected chi connectivity index (χ4v) is 2.07. The van der Waals surface area contributed by atoms with Gasteiger partial charge in [0.05, 0.1) is 4.90 Å². The average molecular weight is 287 g/mol. The molecule has 0 amide bonds. The van der Waals surface area contributed by atoms with Crippen LogP contribution in [0.3, 0.4) is 0 Å². The van der Waals surface area contributed by atoms with Crippen LogP contribution in [-0.4, -0.2) is 0 Å². The molecule has 0 aliphatic carbocycles. The Hall–Kier alpha value is -1.70. The third-order valence-corrected chi connectivity index (χ3v) is 3.41. The van der Waals surface area contributed by atoms with E-state index >= 15 is 0 Å². The molecule has 0 fully saturated rings. The minimum Gasteiger partial charge on any atom is -0.206 e. The van der Waals surface area contributed by atoms with Crippen LogP contribution in [0.5, 0.6) is 0 Å². The van der Waals surface area contributed by atoms with E-state index in [0.29, 0.717) is 4.90 Å². The van der Waals surface area contributed by atoms with Gasteiger partial charge in [0, 0.05) is 4.90 Å². The fraction of sp³-hybridized carbons (Fsp3) is 0. The molecule has 94 valence electrons. The zero-order valence-electron chi connectivity index (χ0n) is 9.88. The standard InChI is InChI=1S/C15H10FNS2/c16-14-9-12(5-8-15(14)19-10-17)2-1-11-3-6-13(18)7-4-11/h1-9,18H/b2-1+. The van der Waals surface area contributed by atoms with E-state index in [2.05, 4.69) is 12.6 Å². The van der Waals surface area contributed by atoms with Gasteiger partial charge in [-0.3, -0.25) is 0 Å². The quantitative estimate of drug-likeness (QED) is 0.377. The molecule has 0 aliphatic heterocycles. The van der Waals surface area contributed by atoms with E-state index in [1.165, 1.54) is 6.07 Å². The molecule has 2 aromatic carbocycles. The van der Waals surface area contributed by atoms with Crippen molar-refractivity contribution in [2.24, 2.45) is 0 Å². The Kier molecular flexibility index (Phi) is 4.67. The molecule has 0 saturated heterocycles. The minimum absolute atomic E-state index is 0.346. The van der Waals surface area contributed by atoms with Gasteiger partial charge >= 0.3 is 0 Å². The van der Waals surface area contributed by atoms with Gasteiger partial charge in [-0.25, -0.2) is 4.39 Å². The second kappa shape index (κ2) is 6.46. The number of thiocyanates is 1. The molecular formula is C15H10FNS2. The highest BCUT2D eigenvalue weighted by molar-refractivity contribution is 8.03. The molecule has 0 saturated carbocycles. The van der Waals surface area contributed by atoms with Crippen molar-refractivity contribution in [2.45, 2.75) is 9.79 Å². The van der Waals surface area contributed by atoms with Crippen molar-refractivity contribution < 1.29 is 4.39 Å². The van der Waals surface area contributed by atoms with Gasteiger partial charge in [-0.2, -0.15) is 5.26 Å². The number of nitrogens with zero attached hydrogens (tertiary/aromatic N) is 1. The third-order valence-electron chi connectivity index (χ3n) is 2.47. The first kappa shape index (κ1) is 13.7. The molecule has 0 aliphatic rings. The first-order valence-corrected chi connectivity index (χ1v) is 6.78. The Morgan fingerprint density at radius 3 is 2.32 bits per heavy atom. The Bertz CT molecular complexity index is 642. The smallest absolute Gasteiger partial charge is 0.138 e. The Morgan fingerprint density at radius 1 is 1.05 bits per heavy atom. The van der Waals surface area contributed by atoms with Crippen molar-refractivity contribution in [3.05, 3.63) is 59.4 Å². The summed E-state index contributed by atoms with van der Waals surface area (Å²) in [4.78, 5) is 1.25. The summed E-state index contributed by atoms with van der Waals surface area (Å²) in [5, 5.41) is 10.4. The summed E-state index contributed by atoms with van der Waals surface area (Å²) in [6, 6.07) is 12.5. The molecule has 19 heavy (non-hydrogen) atoms. The largest absolute Gasteiger partial charge is 0.206 e. The van der Waals surface area contributed by atoms with Crippen LogP contribution >= 0.6 is 24.4 Å². The summed E-state index contributed by atoms with van der Waals surface area (Å²) >= 11 is 5.04. The van der Waals surface area contributed by atoms with E-state index in [-0.39, 0.29) is 5.82 Å². The molecule has 0 N–H and O–H groups in total. The highest BCUT2D eigenvalue weighted by Gasteiger charge is 2.02. The van der Waals surface area contributed by atoms with Crippen LogP contribution in [0, 0.1) is 16.5 Å². The SMILES string of the molecule is N#CSc1ccc(/C=C/c2ccc(S)cc2)cc1F. The molecule has 1 nitrogen and oxygen atoms in total. The van der Waals surface area contributed by atoms with Crippen LogP contribution in [0.15, 0.2) is 52.3 Å². The van der Waals surface area contributed by atoms with Crippen molar-refractivity contribution in [3.8, 4) is 5.40 Å². The molecule has 4 heteroatoms. The van der Waals surface area contributed by atoms with Crippen LogP contribution in [-0.2, 0) is 0 Å². The fourth-order valence-electron chi connectivity index (χ4n) is 1.53. The normalized spacial score (nSPS) is 10.6. The zero-order chi connectivity index (χ0) is 13.7. The maximum Gasteiger partial charge on any atom is 0.138 e. The molecule has 2 aromatic rings. The van der Waals surface area contributed by atoms with Crippen LogP contribution in [0.4, 0.5) is 4.39 Å². The van der Waals surface area contributed by atoms with Crippen molar-refractivity contribution in [1.29, 1.82) is 5.26 Å². The first-order chi connectivity index (χ1) is 9.19. The second-order valence-electron chi connectivity index (χ2n) is 3.81. The number of nitriles is 1. The molecule has 0 radical (unpaired) electrons. The lowest BCUT2D eigenvalue weighted by Gasteiger charge is -1.99. The van der Waals surface area contributed by atoms with Gasteiger partial charge in [0.2, 0.25) is 0 Å². The van der Waals surface area contributed by atoms with E-state index < -0.39 is 0 Å². The van der Waals surface area contributed by atoms with E-state index in [1.807, 2.05) is 41.8 Å². The van der Waals surface area contributed by atoms with E-state index in [0.717, 1.165) is 27.8 Å². The Balaban J connectivity index is 2.17. The number of thioether (sulfide) groups is 1. The molecule has 0 heterocycles. The highest BCUT2D eigenvalue weighted by Crippen LogP contribution is 2.22. The zero-order valence-corrected chi connectivity index (χ0v) is 11.6. The molecular weight excluding hydrogens is 277 g/mol. The predicted octanol–water partition coefficient (Wildman–Crippen LogP) is 4.86. The van der Waals surface area contributed by atoms with Crippen LogP contribution in [0.25, 0.3) is 12.2 Å². The van der Waals surface area contributed by atoms with E-state index in [1.54, 1.807) is 12.1 Å². The maximum atomic E-state index is 13.6. The van der Waals surface area contributed by atoms with Crippen molar-refractivity contribution in [1.82, 2.24) is 0 Å². The highest BCUT2D eigenvalue weighted by atomic mass is 32.2. The summed E-state index contributed by atoms with van der Waals surface area (Å²) in [5.74, 6) is -0.376. The summed E-state index contributed by atoms with van der Waals surface area (Å²) in [6.45, 7) is 0. The first-order valence-electron chi connectivity index (χ1n) is 5.51. The molecule has 0 spiro atoms. The van der Waals surface area contributed by atoms with Gasteiger partial charge in [-0.1, -0.05) is 30.4 Å². The lowest BCUT2D eigenvalue weighted by atomic mass is 10.1. The number of hydrogen-bond acceptors (Lipinski definition) is 3. The molecule has 2 rings (SSSR count). The molecule has 0 aromatic heterocycles. The number of hydrogen-bond donors (Lipinski definition) is 1. The number of halogens is 1. The summed E-state index contributed by atoms with van der Waals surface area (Å²) in [7, 11) is 0. The van der Waals surface area contributed by atoms with Gasteiger partial charge in [0.15, 0.2) is 0 Å². The van der Waals surface area contributed by atoms with Gasteiger partial charge in [0.25, 0.3) is 0 Å². The van der Waals surface area contributed by atoms with Crippen molar-refractivity contribution in [2.75, 3.05) is 0 Å². The third kappa shape index (κ3) is 3.88. The summed E-state index contributed by atoms with van der Waals surface area (Å²) in [5.41, 5.74) is 1.78. The predicted molar refractivity (Wildman–Crippen MR) is 80.5 cm³/mol. The Morgan fingerprint density at radius 2 is 1.68 bits per heavy atom. The number of rotatable bonds is 3. The summed E-state index contributed by atoms with van der Waals surface area (Å²) in [6.07, 6.45) is 3.73. The van der Waals surface area contributed by atoms with Crippen LogP contribution < -0.4 is 0 Å². The van der Waals surface area contributed by atoms with E-state index in [9.17, 15) is 4.39 Å². The number of thiol groups is 1. The van der Waals surface area contributed by atoms with Gasteiger partial charge in [0.1, 0.15) is 11.2 Å². The topological polar surface area (TPSA) is 23.8 Å².